The van der Waals surface area contributed by atoms with E-state index in [-0.39, 0.29) is 46.1 Å². The van der Waals surface area contributed by atoms with Crippen molar-refractivity contribution in [3.05, 3.63) is 106 Å². The topological polar surface area (TPSA) is 126 Å². The van der Waals surface area contributed by atoms with Crippen LogP contribution < -0.4 is 19.5 Å². The van der Waals surface area contributed by atoms with Gasteiger partial charge >= 0.3 is 0 Å². The number of halogens is 6. The average molecular weight is 676 g/mol. The molecule has 0 atom stereocenters. The Morgan fingerprint density at radius 1 is 0.935 bits per heavy atom. The van der Waals surface area contributed by atoms with Crippen LogP contribution in [0.3, 0.4) is 0 Å². The summed E-state index contributed by atoms with van der Waals surface area (Å²) in [5.41, 5.74) is 1.04. The molecule has 0 aliphatic rings. The van der Waals surface area contributed by atoms with Gasteiger partial charge in [-0.15, -0.1) is 0 Å². The summed E-state index contributed by atoms with van der Waals surface area (Å²) in [6.45, 7) is 1.73. The molecule has 0 unspecified atom stereocenters. The minimum Gasteiger partial charge on any atom is -0.492 e. The van der Waals surface area contributed by atoms with Crippen LogP contribution in [0.15, 0.2) is 66.0 Å². The molecule has 0 saturated carbocycles. The first kappa shape index (κ1) is 32.2. The Balaban J connectivity index is 1.55. The fraction of sp³-hybridized carbons (Fsp3) is 0.100. The Labute approximate surface area is 263 Å². The summed E-state index contributed by atoms with van der Waals surface area (Å²) in [4.78, 5) is 6.14. The number of nitriles is 1. The first-order valence-corrected chi connectivity index (χ1v) is 14.9. The number of benzene rings is 3. The molecule has 5 aromatic rings. The number of nitrogens with one attached hydrogen (secondary N) is 2. The van der Waals surface area contributed by atoms with Crippen molar-refractivity contribution in [2.75, 3.05) is 16.6 Å². The Hall–Kier alpha value is -5.20. The number of fused-ring (bicyclic) bond motifs is 1. The van der Waals surface area contributed by atoms with Gasteiger partial charge in [-0.2, -0.15) is 5.26 Å². The normalized spacial score (nSPS) is 11.3. The smallest absolute Gasteiger partial charge is 0.268 e. The molecule has 2 heterocycles. The van der Waals surface area contributed by atoms with Gasteiger partial charge in [0.1, 0.15) is 24.2 Å². The second kappa shape index (κ2) is 13.0. The number of nitrogens with zero attached hydrogens (tertiary/aromatic N) is 3. The Bertz CT molecular complexity index is 2100. The molecule has 0 amide bonds. The molecule has 0 fully saturated rings. The molecule has 9 nitrogen and oxygen atoms in total. The molecular weight excluding hydrogens is 657 g/mol. The quantitative estimate of drug-likeness (QED) is 0.0893. The molecule has 0 radical (unpaired) electrons. The molecule has 46 heavy (non-hydrogen) atoms. The zero-order valence-corrected chi connectivity index (χ0v) is 24.9. The number of anilines is 3. The molecule has 0 aliphatic carbocycles. The van der Waals surface area contributed by atoms with Gasteiger partial charge < -0.3 is 14.8 Å². The van der Waals surface area contributed by atoms with E-state index in [4.69, 9.17) is 21.1 Å². The number of sulfonamides is 1. The highest BCUT2D eigenvalue weighted by molar-refractivity contribution is 7.92. The summed E-state index contributed by atoms with van der Waals surface area (Å²) in [6.07, 6.45) is 4.50. The fourth-order valence-electron chi connectivity index (χ4n) is 4.30. The van der Waals surface area contributed by atoms with E-state index in [9.17, 15) is 35.6 Å². The van der Waals surface area contributed by atoms with E-state index in [0.717, 1.165) is 11.6 Å². The summed E-state index contributed by atoms with van der Waals surface area (Å²) in [5, 5.41) is 13.2. The van der Waals surface area contributed by atoms with Gasteiger partial charge in [-0.3, -0.25) is 14.7 Å². The van der Waals surface area contributed by atoms with Crippen molar-refractivity contribution in [2.45, 2.75) is 18.4 Å². The molecule has 3 aromatic carbocycles. The summed E-state index contributed by atoms with van der Waals surface area (Å²) < 4.78 is 109. The Morgan fingerprint density at radius 3 is 2.28 bits per heavy atom. The van der Waals surface area contributed by atoms with Gasteiger partial charge in [-0.1, -0.05) is 17.7 Å². The van der Waals surface area contributed by atoms with E-state index in [1.165, 1.54) is 18.3 Å². The van der Waals surface area contributed by atoms with Crippen LogP contribution in [0.25, 0.3) is 10.9 Å². The van der Waals surface area contributed by atoms with Crippen molar-refractivity contribution in [2.24, 2.45) is 0 Å². The second-order valence-corrected chi connectivity index (χ2v) is 11.4. The van der Waals surface area contributed by atoms with Gasteiger partial charge in [-0.25, -0.2) is 30.4 Å². The standard InChI is InChI=1S/C30H19ClF5N5O4S/c1-2-44-23-10-20-18(9-21(23)41-46(42,43)30-27(35)25(33)24(32)26(34)28(30)36)29(16(11-37)13-39-20)40-17-5-6-22(19(31)8-17)45-14-15-4-3-7-38-12-15/h3-10,12-13,41H,2,14H2,1H3,(H,39,40). The maximum atomic E-state index is 14.5. The molecule has 2 N–H and O–H groups in total. The predicted octanol–water partition coefficient (Wildman–Crippen LogP) is 7.37. The molecule has 5 rings (SSSR count). The van der Waals surface area contributed by atoms with E-state index < -0.39 is 49.7 Å². The van der Waals surface area contributed by atoms with E-state index in [1.807, 2.05) is 16.9 Å². The van der Waals surface area contributed by atoms with Crippen molar-refractivity contribution < 1.29 is 39.8 Å². The zero-order chi connectivity index (χ0) is 33.2. The van der Waals surface area contributed by atoms with Crippen LogP contribution in [-0.4, -0.2) is 25.0 Å². The van der Waals surface area contributed by atoms with Crippen LogP contribution in [0.1, 0.15) is 18.1 Å². The van der Waals surface area contributed by atoms with E-state index in [1.54, 1.807) is 37.5 Å². The third-order valence-electron chi connectivity index (χ3n) is 6.39. The van der Waals surface area contributed by atoms with Crippen LogP contribution in [0.2, 0.25) is 5.02 Å². The highest BCUT2D eigenvalue weighted by Crippen LogP contribution is 2.39. The van der Waals surface area contributed by atoms with Gasteiger partial charge in [0, 0.05) is 41.3 Å². The van der Waals surface area contributed by atoms with Gasteiger partial charge in [-0.05, 0) is 37.3 Å². The monoisotopic (exact) mass is 675 g/mol. The van der Waals surface area contributed by atoms with E-state index in [0.29, 0.717) is 11.4 Å². The second-order valence-electron chi connectivity index (χ2n) is 9.38. The molecule has 0 bridgehead atoms. The lowest BCUT2D eigenvalue weighted by Crippen LogP contribution is -2.20. The molecule has 0 spiro atoms. The number of hydrogen-bond acceptors (Lipinski definition) is 8. The number of rotatable bonds is 10. The minimum absolute atomic E-state index is 0.00161. The van der Waals surface area contributed by atoms with Gasteiger partial charge in [0.05, 0.1) is 34.1 Å². The molecule has 2 aromatic heterocycles. The number of ether oxygens (including phenoxy) is 2. The first-order chi connectivity index (χ1) is 21.9. The Kier molecular flexibility index (Phi) is 9.12. The average Bonchev–Trinajstić information content (AvgIpc) is 3.03. The highest BCUT2D eigenvalue weighted by Gasteiger charge is 2.34. The third-order valence-corrected chi connectivity index (χ3v) is 8.07. The van der Waals surface area contributed by atoms with Crippen LogP contribution in [0.5, 0.6) is 11.5 Å². The van der Waals surface area contributed by atoms with Crippen molar-refractivity contribution >= 4 is 49.6 Å². The lowest BCUT2D eigenvalue weighted by molar-refractivity contribution is 0.306. The van der Waals surface area contributed by atoms with Gasteiger partial charge in [0.2, 0.25) is 5.82 Å². The SMILES string of the molecule is CCOc1cc2ncc(C#N)c(Nc3ccc(OCc4cccnc4)c(Cl)c3)c2cc1NS(=O)(=O)c1c(F)c(F)c(F)c(F)c1F. The van der Waals surface area contributed by atoms with Crippen molar-refractivity contribution in [1.29, 1.82) is 5.26 Å². The maximum Gasteiger partial charge on any atom is 0.268 e. The molecule has 16 heteroatoms. The van der Waals surface area contributed by atoms with Crippen molar-refractivity contribution in [1.82, 2.24) is 9.97 Å². The third kappa shape index (κ3) is 6.30. The first-order valence-electron chi connectivity index (χ1n) is 13.1. The maximum absolute atomic E-state index is 14.5. The molecular formula is C30H19ClF5N5O4S. The van der Waals surface area contributed by atoms with Crippen LogP contribution in [0, 0.1) is 40.4 Å². The lowest BCUT2D eigenvalue weighted by atomic mass is 10.1. The van der Waals surface area contributed by atoms with E-state index >= 15 is 0 Å². The van der Waals surface area contributed by atoms with Gasteiger partial charge in [0.15, 0.2) is 28.2 Å². The number of aromatic nitrogens is 2. The number of hydrogen-bond donors (Lipinski definition) is 2. The zero-order valence-electron chi connectivity index (χ0n) is 23.3. The minimum atomic E-state index is -5.44. The Morgan fingerprint density at radius 2 is 1.65 bits per heavy atom. The molecule has 0 aliphatic heterocycles. The van der Waals surface area contributed by atoms with Crippen molar-refractivity contribution in [3.63, 3.8) is 0 Å². The molecule has 0 saturated heterocycles. The van der Waals surface area contributed by atoms with Crippen LogP contribution in [-0.2, 0) is 16.6 Å². The fourth-order valence-corrected chi connectivity index (χ4v) is 5.73. The summed E-state index contributed by atoms with van der Waals surface area (Å²) >= 11 is 6.43. The van der Waals surface area contributed by atoms with Crippen LogP contribution >= 0.6 is 11.6 Å². The summed E-state index contributed by atoms with van der Waals surface area (Å²) in [5.74, 6) is -12.3. The predicted molar refractivity (Wildman–Crippen MR) is 158 cm³/mol. The largest absolute Gasteiger partial charge is 0.492 e. The van der Waals surface area contributed by atoms with Gasteiger partial charge in [0.25, 0.3) is 10.0 Å². The van der Waals surface area contributed by atoms with Crippen molar-refractivity contribution in [3.8, 4) is 17.6 Å². The highest BCUT2D eigenvalue weighted by atomic mass is 35.5. The summed E-state index contributed by atoms with van der Waals surface area (Å²) in [7, 11) is -5.44. The van der Waals surface area contributed by atoms with Crippen LogP contribution in [0.4, 0.5) is 39.0 Å². The number of pyridine rings is 2. The summed E-state index contributed by atoms with van der Waals surface area (Å²) in [6, 6.07) is 12.6. The lowest BCUT2D eigenvalue weighted by Gasteiger charge is -2.18. The molecule has 236 valence electrons. The van der Waals surface area contributed by atoms with E-state index in [2.05, 4.69) is 15.3 Å².